The number of carbonyl (C=O) groups is 2. The topological polar surface area (TPSA) is 72.2 Å². The minimum Gasteiger partial charge on any atom is -0.369 e. The molecule has 0 aromatic heterocycles. The Morgan fingerprint density at radius 2 is 1.95 bits per heavy atom. The average Bonchev–Trinajstić information content (AvgIpc) is 3.11. The van der Waals surface area contributed by atoms with Gasteiger partial charge in [-0.05, 0) is 37.1 Å². The van der Waals surface area contributed by atoms with Gasteiger partial charge in [-0.1, -0.05) is 0 Å². The van der Waals surface area contributed by atoms with E-state index < -0.39 is 35.0 Å². The summed E-state index contributed by atoms with van der Waals surface area (Å²) in [6, 6.07) is 1.88. The zero-order valence-corrected chi connectivity index (χ0v) is 9.67. The van der Waals surface area contributed by atoms with E-state index in [-0.39, 0.29) is 5.69 Å². The first-order valence-corrected chi connectivity index (χ1v) is 5.46. The zero-order valence-electron chi connectivity index (χ0n) is 10.7. The second-order valence-corrected chi connectivity index (χ2v) is 4.39. The molecule has 0 aliphatic heterocycles. The van der Waals surface area contributed by atoms with Crippen molar-refractivity contribution in [3.05, 3.63) is 29.8 Å². The molecule has 0 spiro atoms. The lowest BCUT2D eigenvalue weighted by atomic mass is 10.1. The van der Waals surface area contributed by atoms with Crippen molar-refractivity contribution < 1.29 is 24.1 Å². The number of primary amides is 1. The summed E-state index contributed by atoms with van der Waals surface area (Å²) in [6.45, 7) is 0. The van der Waals surface area contributed by atoms with E-state index in [1.165, 1.54) is 0 Å². The highest BCUT2D eigenvalue weighted by atomic mass is 19.4. The molecule has 0 atom stereocenters. The Kier molecular flexibility index (Phi) is 2.69. The largest absolute Gasteiger partial charge is 0.416 e. The molecule has 4 nitrogen and oxygen atoms in total. The number of carbonyl (C=O) groups excluding carboxylic acids is 2. The monoisotopic (exact) mass is 273 g/mol. The van der Waals surface area contributed by atoms with Crippen molar-refractivity contribution in [3.63, 3.8) is 0 Å². The number of anilines is 1. The number of hydrogen-bond acceptors (Lipinski definition) is 2. The molecule has 1 aliphatic carbocycles. The molecule has 1 saturated carbocycles. The quantitative estimate of drug-likeness (QED) is 0.826. The molecule has 2 amide bonds. The van der Waals surface area contributed by atoms with Crippen molar-refractivity contribution in [1.82, 2.24) is 0 Å². The predicted octanol–water partition coefficient (Wildman–Crippen LogP) is 1.91. The van der Waals surface area contributed by atoms with Crippen LogP contribution in [0, 0.1) is 5.41 Å². The van der Waals surface area contributed by atoms with Crippen LogP contribution in [0.3, 0.4) is 0 Å². The van der Waals surface area contributed by atoms with Crippen LogP contribution in [0.5, 0.6) is 0 Å². The van der Waals surface area contributed by atoms with Gasteiger partial charge in [-0.15, -0.1) is 0 Å². The van der Waals surface area contributed by atoms with E-state index in [1.807, 2.05) is 0 Å². The highest BCUT2D eigenvalue weighted by Gasteiger charge is 2.55. The standard InChI is InChI=1S/C12H11F3N2O2/c13-12(14,15)7-1-3-8(4-2-7)17-10(19)11(5-6-11)9(16)18/h1-4H,5-6H2,(H2,16,18)(H,17,19)/i3D. The Hall–Kier alpha value is -2.05. The summed E-state index contributed by atoms with van der Waals surface area (Å²) in [6.07, 6.45) is -3.94. The number of alkyl halides is 3. The molecule has 7 heteroatoms. The van der Waals surface area contributed by atoms with Crippen LogP contribution in [-0.4, -0.2) is 11.8 Å². The van der Waals surface area contributed by atoms with E-state index in [4.69, 9.17) is 7.10 Å². The van der Waals surface area contributed by atoms with E-state index in [0.29, 0.717) is 18.9 Å². The summed E-state index contributed by atoms with van der Waals surface area (Å²) in [5.41, 5.74) is 2.77. The molecule has 0 unspecified atom stereocenters. The zero-order chi connectivity index (χ0) is 15.1. The molecular formula is C12H11F3N2O2. The van der Waals surface area contributed by atoms with Crippen LogP contribution in [0.2, 0.25) is 0 Å². The fourth-order valence-electron chi connectivity index (χ4n) is 1.63. The second kappa shape index (κ2) is 4.25. The third-order valence-electron chi connectivity index (χ3n) is 3.04. The molecule has 19 heavy (non-hydrogen) atoms. The van der Waals surface area contributed by atoms with Crippen LogP contribution in [-0.2, 0) is 15.8 Å². The number of benzene rings is 1. The normalized spacial score (nSPS) is 17.5. The van der Waals surface area contributed by atoms with E-state index >= 15 is 0 Å². The van der Waals surface area contributed by atoms with Gasteiger partial charge in [0.15, 0.2) is 0 Å². The lowest BCUT2D eigenvalue weighted by molar-refractivity contribution is -0.137. The first kappa shape index (κ1) is 12.0. The van der Waals surface area contributed by atoms with Crippen molar-refractivity contribution in [2.45, 2.75) is 19.0 Å². The SMILES string of the molecule is [2H]c1cc(C(F)(F)F)ccc1NC(=O)C1(C(N)=O)CC1. The summed E-state index contributed by atoms with van der Waals surface area (Å²) in [5, 5.41) is 2.28. The van der Waals surface area contributed by atoms with Gasteiger partial charge in [-0.3, -0.25) is 9.59 Å². The molecule has 0 heterocycles. The van der Waals surface area contributed by atoms with E-state index in [0.717, 1.165) is 12.1 Å². The molecule has 1 aromatic carbocycles. The minimum absolute atomic E-state index is 0.0875. The maximum Gasteiger partial charge on any atom is 0.416 e. The second-order valence-electron chi connectivity index (χ2n) is 4.39. The van der Waals surface area contributed by atoms with Gasteiger partial charge < -0.3 is 11.1 Å². The van der Waals surface area contributed by atoms with E-state index in [1.54, 1.807) is 0 Å². The molecule has 1 aromatic rings. The number of hydrogen-bond donors (Lipinski definition) is 2. The minimum atomic E-state index is -4.55. The van der Waals surface area contributed by atoms with Gasteiger partial charge >= 0.3 is 6.18 Å². The highest BCUT2D eigenvalue weighted by Crippen LogP contribution is 2.46. The van der Waals surface area contributed by atoms with Crippen LogP contribution < -0.4 is 11.1 Å². The lowest BCUT2D eigenvalue weighted by Gasteiger charge is -2.12. The molecule has 3 N–H and O–H groups in total. The summed E-state index contributed by atoms with van der Waals surface area (Å²) >= 11 is 0. The third-order valence-corrected chi connectivity index (χ3v) is 3.04. The van der Waals surface area contributed by atoms with Crippen molar-refractivity contribution in [2.24, 2.45) is 11.1 Å². The molecular weight excluding hydrogens is 261 g/mol. The predicted molar refractivity (Wildman–Crippen MR) is 60.9 cm³/mol. The first-order valence-electron chi connectivity index (χ1n) is 5.96. The molecule has 1 aliphatic rings. The van der Waals surface area contributed by atoms with Crippen LogP contribution in [0.1, 0.15) is 19.8 Å². The summed E-state index contributed by atoms with van der Waals surface area (Å²) in [7, 11) is 0. The van der Waals surface area contributed by atoms with Crippen molar-refractivity contribution in [2.75, 3.05) is 5.32 Å². The summed E-state index contributed by atoms with van der Waals surface area (Å²) in [4.78, 5) is 23.0. The van der Waals surface area contributed by atoms with Gasteiger partial charge in [-0.25, -0.2) is 0 Å². The van der Waals surface area contributed by atoms with Crippen LogP contribution in [0.15, 0.2) is 24.2 Å². The summed E-state index contributed by atoms with van der Waals surface area (Å²) in [5.74, 6) is -1.45. The van der Waals surface area contributed by atoms with Crippen LogP contribution in [0.4, 0.5) is 18.9 Å². The lowest BCUT2D eigenvalue weighted by Crippen LogP contribution is -2.36. The molecule has 0 bridgehead atoms. The van der Waals surface area contributed by atoms with Crippen molar-refractivity contribution in [3.8, 4) is 0 Å². The fourth-order valence-corrected chi connectivity index (χ4v) is 1.63. The van der Waals surface area contributed by atoms with Gasteiger partial charge in [0.25, 0.3) is 0 Å². The Morgan fingerprint density at radius 3 is 2.37 bits per heavy atom. The van der Waals surface area contributed by atoms with E-state index in [2.05, 4.69) is 5.32 Å². The Labute approximate surface area is 108 Å². The Morgan fingerprint density at radius 1 is 1.32 bits per heavy atom. The van der Waals surface area contributed by atoms with Crippen LogP contribution >= 0.6 is 0 Å². The number of amides is 2. The number of nitrogens with one attached hydrogen (secondary N) is 1. The van der Waals surface area contributed by atoms with Crippen molar-refractivity contribution >= 4 is 17.5 Å². The molecule has 0 saturated heterocycles. The number of halogens is 3. The van der Waals surface area contributed by atoms with Gasteiger partial charge in [0.2, 0.25) is 11.8 Å². The Balaban J connectivity index is 2.19. The maximum atomic E-state index is 12.4. The molecule has 1 fully saturated rings. The average molecular weight is 273 g/mol. The Bertz CT molecular complexity index is 583. The van der Waals surface area contributed by atoms with Gasteiger partial charge in [0.1, 0.15) is 5.41 Å². The molecule has 0 radical (unpaired) electrons. The maximum absolute atomic E-state index is 12.4. The van der Waals surface area contributed by atoms with Crippen LogP contribution in [0.25, 0.3) is 0 Å². The highest BCUT2D eigenvalue weighted by molar-refractivity contribution is 6.12. The smallest absolute Gasteiger partial charge is 0.369 e. The molecule has 2 rings (SSSR count). The number of nitrogens with two attached hydrogens (primary N) is 1. The fraction of sp³-hybridized carbons (Fsp3) is 0.333. The van der Waals surface area contributed by atoms with Gasteiger partial charge in [0.05, 0.1) is 6.93 Å². The number of rotatable bonds is 3. The van der Waals surface area contributed by atoms with E-state index in [9.17, 15) is 22.8 Å². The first-order chi connectivity index (χ1) is 9.17. The van der Waals surface area contributed by atoms with Crippen molar-refractivity contribution in [1.29, 1.82) is 0 Å². The van der Waals surface area contributed by atoms with Gasteiger partial charge in [-0.2, -0.15) is 13.2 Å². The molecule has 102 valence electrons. The third kappa shape index (κ3) is 2.54. The van der Waals surface area contributed by atoms with Gasteiger partial charge in [0, 0.05) is 5.69 Å². The summed E-state index contributed by atoms with van der Waals surface area (Å²) < 4.78 is 44.8.